The second-order valence-corrected chi connectivity index (χ2v) is 23.8. The number of pyridine rings is 1. The molecule has 0 bridgehead atoms. The molecule has 0 unspecified atom stereocenters. The first-order valence-corrected chi connectivity index (χ1v) is 28.1. The number of para-hydroxylation sites is 2. The van der Waals surface area contributed by atoms with Crippen LogP contribution in [0, 0.1) is 25.3 Å². The molecule has 408 valence electrons. The van der Waals surface area contributed by atoms with Gasteiger partial charge in [0, 0.05) is 54.0 Å². The number of ether oxygens (including phenoxy) is 1. The molecule has 0 atom stereocenters. The van der Waals surface area contributed by atoms with Crippen molar-refractivity contribution in [2.24, 2.45) is 0 Å². The minimum absolute atomic E-state index is 0. The van der Waals surface area contributed by atoms with Crippen LogP contribution in [0.15, 0.2) is 279 Å². The van der Waals surface area contributed by atoms with Crippen molar-refractivity contribution in [2.75, 3.05) is 0 Å². The van der Waals surface area contributed by atoms with Gasteiger partial charge in [-0.1, -0.05) is 250 Å². The third-order valence-corrected chi connectivity index (χ3v) is 18.7. The summed E-state index contributed by atoms with van der Waals surface area (Å²) in [5.74, 6) is 0.127. The molecule has 0 aliphatic heterocycles. The maximum absolute atomic E-state index is 10.0. The van der Waals surface area contributed by atoms with E-state index < -0.39 is 198 Å². The van der Waals surface area contributed by atoms with Crippen LogP contribution in [0.5, 0.6) is 11.5 Å². The number of aromatic nitrogens is 4. The smallest absolute Gasteiger partial charge is 0.268 e. The Bertz CT molecular complexity index is 6060. The largest absolute Gasteiger partial charge is 0.510 e. The van der Waals surface area contributed by atoms with Crippen LogP contribution in [-0.4, -0.2) is 22.2 Å². The standard InChI is InChI=1S/C77H58N4OSi.Pt/c1-54-48-75(78-52-69(54)57-26-12-6-13-27-57)81-70-38-21-20-36-67(70)68-46-45-62(51-72(68)81)82-61-29-22-28-60(50-61)79-53-80(71-47-42-58(49-73(71)79)55-40-43-59(44-41-55)77(2,3)4)76-66(56-24-10-5-11-25-56)37-23-39-74(76)83(63-30-14-7-15-31-63,64-32-16-8-17-33-64)65-34-18-9-19-35-65;/h5-49,52H,1-4H3;/q-2;/i1D3,5D,6D,7D,8D,9D,10D,11D,12D,13D,14D,15D,16D,17D,18D,19D,24D,25D,26D,27D,30D,31D,32D,33D,34D,35D;. The number of aryl methyl sites for hydroxylation is 1. The van der Waals surface area contributed by atoms with Gasteiger partial charge in [-0.25, -0.2) is 4.98 Å². The van der Waals surface area contributed by atoms with E-state index in [1.807, 2.05) is 30.3 Å². The van der Waals surface area contributed by atoms with Gasteiger partial charge in [-0.05, 0) is 101 Å². The van der Waals surface area contributed by atoms with Crippen molar-refractivity contribution in [2.45, 2.75) is 33.0 Å². The molecule has 14 aromatic rings. The normalized spacial score (nSPS) is 16.6. The fourth-order valence-electron chi connectivity index (χ4n) is 10.6. The van der Waals surface area contributed by atoms with Gasteiger partial charge in [0.05, 0.1) is 51.0 Å². The molecule has 3 aromatic heterocycles. The zero-order chi connectivity index (χ0) is 80.3. The molecule has 0 fully saturated rings. The molecule has 0 amide bonds. The van der Waals surface area contributed by atoms with E-state index in [0.717, 1.165) is 11.8 Å². The molecule has 0 saturated heterocycles. The van der Waals surface area contributed by atoms with E-state index in [1.54, 1.807) is 71.3 Å². The molecule has 14 rings (SSSR count). The maximum Gasteiger partial charge on any atom is 0.268 e. The van der Waals surface area contributed by atoms with Crippen molar-refractivity contribution in [3.05, 3.63) is 308 Å². The Morgan fingerprint density at radius 3 is 1.77 bits per heavy atom. The Kier molecular flexibility index (Phi) is 8.18. The number of fused-ring (bicyclic) bond motifs is 4. The zero-order valence-electron chi connectivity index (χ0n) is 72.6. The summed E-state index contributed by atoms with van der Waals surface area (Å²) in [4.78, 5) is 4.69. The average Bonchev–Trinajstić information content (AvgIpc) is 0.763. The van der Waals surface area contributed by atoms with E-state index in [-0.39, 0.29) is 82.8 Å². The van der Waals surface area contributed by atoms with Crippen LogP contribution in [0.25, 0.3) is 83.4 Å². The third kappa shape index (κ3) is 9.61. The van der Waals surface area contributed by atoms with Gasteiger partial charge in [0.1, 0.15) is 5.82 Å². The number of nitrogens with zero attached hydrogens (tertiary/aromatic N) is 4. The van der Waals surface area contributed by atoms with Gasteiger partial charge in [0.2, 0.25) is 0 Å². The van der Waals surface area contributed by atoms with Crippen molar-refractivity contribution in [1.82, 2.24) is 14.1 Å². The molecule has 0 aliphatic carbocycles. The number of hydrogen-bond donors (Lipinski definition) is 0. The summed E-state index contributed by atoms with van der Waals surface area (Å²) in [5.41, 5.74) is 1.06. The Morgan fingerprint density at radius 1 is 0.536 bits per heavy atom. The Labute approximate surface area is 546 Å². The maximum atomic E-state index is 10.0. The molecule has 3 heterocycles. The number of benzene rings is 11. The van der Waals surface area contributed by atoms with Crippen LogP contribution in [0.3, 0.4) is 0 Å². The molecule has 7 heteroatoms. The summed E-state index contributed by atoms with van der Waals surface area (Å²) >= 11 is 0. The summed E-state index contributed by atoms with van der Waals surface area (Å²) in [6.45, 7) is 3.24. The van der Waals surface area contributed by atoms with Crippen LogP contribution in [0.4, 0.5) is 0 Å². The number of hydrogen-bond acceptors (Lipinski definition) is 2. The Balaban J connectivity index is 0.0000110. The van der Waals surface area contributed by atoms with Gasteiger partial charge in [0.15, 0.2) is 8.07 Å². The van der Waals surface area contributed by atoms with Crippen LogP contribution >= 0.6 is 0 Å². The predicted octanol–water partition coefficient (Wildman–Crippen LogP) is 15.6. The first-order valence-electron chi connectivity index (χ1n) is 40.1. The number of rotatable bonds is 12. The van der Waals surface area contributed by atoms with Gasteiger partial charge < -0.3 is 13.9 Å². The molecular formula is C77H58N4OPtSi-2. The van der Waals surface area contributed by atoms with Crippen LogP contribution in [0.2, 0.25) is 0 Å². The topological polar surface area (TPSA) is 35.9 Å². The van der Waals surface area contributed by atoms with Crippen molar-refractivity contribution in [3.8, 4) is 62.1 Å². The first-order chi connectivity index (χ1) is 52.3. The molecule has 11 aromatic carbocycles. The van der Waals surface area contributed by atoms with E-state index >= 15 is 0 Å². The van der Waals surface area contributed by atoms with Crippen LogP contribution < -0.4 is 30.1 Å². The quantitative estimate of drug-likeness (QED) is 0.0529. The summed E-state index contributed by atoms with van der Waals surface area (Å²) < 4.78 is 269. The van der Waals surface area contributed by atoms with E-state index in [9.17, 15) is 19.2 Å². The van der Waals surface area contributed by atoms with E-state index in [1.165, 1.54) is 33.4 Å². The summed E-state index contributed by atoms with van der Waals surface area (Å²) in [6, 6.07) is 16.7. The first kappa shape index (κ1) is 30.7. The molecule has 0 saturated carbocycles. The van der Waals surface area contributed by atoms with Crippen molar-refractivity contribution >= 4 is 61.7 Å². The Morgan fingerprint density at radius 2 is 1.13 bits per heavy atom. The molecule has 0 aliphatic rings. The SMILES string of the molecule is [2H]c1c([2H])c([2H])c(-c2cnc(-n3c4[c-]c(Oc5[c-]c(-n6[c-][n+](-c7c(-c8c([2H])c([2H])c([2H])c([2H])c8[2H])cccc7[Si](c7c([2H])c([2H])c([2H])c([2H])c7[2H])(c7c([2H])c([2H])c([2H])c([2H])c7[2H])c7c([2H])c([2H])c([2H])c([2H])c7[2H])c7ccc(-c8ccc(C(C)(C)C)cc8)cc76)ccc5)ccc4c4ccccc43)cc2C([2H])([2H])[2H])c([2H])c1[2H].[Pt]. The molecule has 5 nitrogen and oxygen atoms in total. The minimum Gasteiger partial charge on any atom is -0.510 e. The average molecular weight is 1310 g/mol. The van der Waals surface area contributed by atoms with Crippen LogP contribution in [-0.2, 0) is 26.5 Å². The molecule has 0 radical (unpaired) electrons. The summed E-state index contributed by atoms with van der Waals surface area (Å²) in [7, 11) is -6.17. The van der Waals surface area contributed by atoms with Crippen LogP contribution in [0.1, 0.15) is 70.3 Å². The van der Waals surface area contributed by atoms with Gasteiger partial charge in [-0.15, -0.1) is 29.7 Å². The molecule has 84 heavy (non-hydrogen) atoms. The fraction of sp³-hybridized carbons (Fsp3) is 0.0649. The van der Waals surface area contributed by atoms with E-state index in [2.05, 4.69) is 44.2 Å². The zero-order valence-corrected chi connectivity index (χ0v) is 47.9. The van der Waals surface area contributed by atoms with E-state index in [4.69, 9.17) is 23.9 Å². The fourth-order valence-corrected chi connectivity index (χ4v) is 14.6. The minimum atomic E-state index is -6.17. The van der Waals surface area contributed by atoms with Crippen molar-refractivity contribution in [3.63, 3.8) is 0 Å². The van der Waals surface area contributed by atoms with E-state index in [0.29, 0.717) is 32.9 Å². The predicted molar refractivity (Wildman–Crippen MR) is 343 cm³/mol. The number of imidazole rings is 1. The monoisotopic (exact) mass is 1310 g/mol. The summed E-state index contributed by atoms with van der Waals surface area (Å²) in [5, 5.41) is -1.80. The van der Waals surface area contributed by atoms with Gasteiger partial charge in [-0.2, -0.15) is 18.2 Å². The Hall–Kier alpha value is -9.45. The van der Waals surface area contributed by atoms with Gasteiger partial charge >= 0.3 is 0 Å². The molecule has 0 spiro atoms. The molecular weight excluding hydrogens is 1220 g/mol. The third-order valence-electron chi connectivity index (χ3n) is 14.5. The van der Waals surface area contributed by atoms with Gasteiger partial charge in [-0.3, -0.25) is 4.57 Å². The van der Waals surface area contributed by atoms with Crippen molar-refractivity contribution < 1.29 is 68.8 Å². The summed E-state index contributed by atoms with van der Waals surface area (Å²) in [6.07, 6.45) is 4.54. The second-order valence-electron chi connectivity index (χ2n) is 20.3. The second kappa shape index (κ2) is 22.4. The van der Waals surface area contributed by atoms with Crippen molar-refractivity contribution in [1.29, 1.82) is 0 Å². The van der Waals surface area contributed by atoms with Gasteiger partial charge in [0.25, 0.3) is 6.33 Å². The molecule has 0 N–H and O–H groups in total.